The van der Waals surface area contributed by atoms with Crippen LogP contribution in [0.15, 0.2) is 21.9 Å². The van der Waals surface area contributed by atoms with Gasteiger partial charge in [-0.15, -0.1) is 0 Å². The van der Waals surface area contributed by atoms with E-state index in [0.29, 0.717) is 22.7 Å². The SMILES string of the molecule is O=c1c2nc(Br)n(CCO)c2nc2[nH]ccn12. The zero-order chi connectivity index (χ0) is 12.0. The lowest BCUT2D eigenvalue weighted by atomic mass is 10.5. The van der Waals surface area contributed by atoms with Gasteiger partial charge in [0, 0.05) is 18.9 Å². The zero-order valence-corrected chi connectivity index (χ0v) is 10.2. The topological polar surface area (TPSA) is 88.2 Å². The molecule has 3 heterocycles. The van der Waals surface area contributed by atoms with Crippen LogP contribution in [0.5, 0.6) is 0 Å². The van der Waals surface area contributed by atoms with E-state index in [1.807, 2.05) is 0 Å². The molecule has 0 aromatic carbocycles. The normalized spacial score (nSPS) is 11.6. The average Bonchev–Trinajstić information content (AvgIpc) is 2.88. The van der Waals surface area contributed by atoms with Crippen LogP contribution in [0.2, 0.25) is 0 Å². The highest BCUT2D eigenvalue weighted by Gasteiger charge is 2.15. The molecule has 0 aliphatic rings. The Morgan fingerprint density at radius 2 is 2.29 bits per heavy atom. The summed E-state index contributed by atoms with van der Waals surface area (Å²) >= 11 is 3.25. The molecule has 0 amide bonds. The molecular weight excluding hydrogens is 290 g/mol. The van der Waals surface area contributed by atoms with Crippen LogP contribution in [-0.4, -0.2) is 35.6 Å². The molecule has 0 saturated heterocycles. The number of nitrogens with zero attached hydrogens (tertiary/aromatic N) is 4. The lowest BCUT2D eigenvalue weighted by molar-refractivity contribution is 0.276. The molecule has 0 aliphatic carbocycles. The van der Waals surface area contributed by atoms with Crippen molar-refractivity contribution in [3.8, 4) is 0 Å². The first kappa shape index (κ1) is 10.5. The van der Waals surface area contributed by atoms with Crippen LogP contribution in [0.1, 0.15) is 0 Å². The Balaban J connectivity index is 2.48. The fourth-order valence-electron chi connectivity index (χ4n) is 1.76. The average molecular weight is 298 g/mol. The van der Waals surface area contributed by atoms with E-state index in [9.17, 15) is 4.79 Å². The maximum Gasteiger partial charge on any atom is 0.287 e. The third kappa shape index (κ3) is 1.41. The third-order valence-electron chi connectivity index (χ3n) is 2.52. The summed E-state index contributed by atoms with van der Waals surface area (Å²) in [5.41, 5.74) is 0.504. The van der Waals surface area contributed by atoms with Crippen LogP contribution >= 0.6 is 15.9 Å². The van der Waals surface area contributed by atoms with E-state index < -0.39 is 0 Å². The van der Waals surface area contributed by atoms with Crippen molar-refractivity contribution in [2.24, 2.45) is 0 Å². The molecule has 0 atom stereocenters. The predicted molar refractivity (Wildman–Crippen MR) is 63.9 cm³/mol. The van der Waals surface area contributed by atoms with Crippen LogP contribution in [-0.2, 0) is 6.54 Å². The van der Waals surface area contributed by atoms with Crippen molar-refractivity contribution in [1.82, 2.24) is 23.9 Å². The molecule has 7 nitrogen and oxygen atoms in total. The first-order valence-corrected chi connectivity index (χ1v) is 5.74. The number of aromatic amines is 1. The van der Waals surface area contributed by atoms with E-state index in [2.05, 4.69) is 30.9 Å². The fourth-order valence-corrected chi connectivity index (χ4v) is 2.29. The first-order valence-electron chi connectivity index (χ1n) is 4.94. The van der Waals surface area contributed by atoms with E-state index in [1.165, 1.54) is 4.40 Å². The molecule has 0 bridgehead atoms. The van der Waals surface area contributed by atoms with Crippen molar-refractivity contribution < 1.29 is 5.11 Å². The van der Waals surface area contributed by atoms with E-state index in [-0.39, 0.29) is 17.7 Å². The molecule has 0 saturated carbocycles. The summed E-state index contributed by atoms with van der Waals surface area (Å²) in [6.45, 7) is 0.288. The van der Waals surface area contributed by atoms with Gasteiger partial charge in [0.2, 0.25) is 5.78 Å². The van der Waals surface area contributed by atoms with Gasteiger partial charge in [0.15, 0.2) is 15.9 Å². The quantitative estimate of drug-likeness (QED) is 0.658. The third-order valence-corrected chi connectivity index (χ3v) is 3.12. The number of rotatable bonds is 2. The molecular formula is C9H8BrN5O2. The van der Waals surface area contributed by atoms with Crippen LogP contribution in [0.4, 0.5) is 0 Å². The Morgan fingerprint density at radius 1 is 1.47 bits per heavy atom. The van der Waals surface area contributed by atoms with Gasteiger partial charge < -0.3 is 14.7 Å². The molecule has 0 spiro atoms. The van der Waals surface area contributed by atoms with E-state index in [1.54, 1.807) is 17.0 Å². The second kappa shape index (κ2) is 3.67. The lowest BCUT2D eigenvalue weighted by Gasteiger charge is -2.01. The molecule has 0 radical (unpaired) electrons. The van der Waals surface area contributed by atoms with Crippen molar-refractivity contribution in [2.75, 3.05) is 6.61 Å². The summed E-state index contributed by atoms with van der Waals surface area (Å²) in [5.74, 6) is 0.453. The molecule has 3 rings (SSSR count). The van der Waals surface area contributed by atoms with Crippen molar-refractivity contribution in [3.05, 3.63) is 27.5 Å². The number of imidazole rings is 2. The molecule has 2 N–H and O–H groups in total. The molecule has 3 aromatic heterocycles. The number of fused-ring (bicyclic) bond motifs is 2. The van der Waals surface area contributed by atoms with E-state index >= 15 is 0 Å². The van der Waals surface area contributed by atoms with Gasteiger partial charge in [0.05, 0.1) is 6.61 Å². The first-order chi connectivity index (χ1) is 8.22. The van der Waals surface area contributed by atoms with Crippen LogP contribution < -0.4 is 5.56 Å². The number of hydrogen-bond donors (Lipinski definition) is 2. The highest BCUT2D eigenvalue weighted by atomic mass is 79.9. The number of hydrogen-bond acceptors (Lipinski definition) is 4. The summed E-state index contributed by atoms with van der Waals surface area (Å²) < 4.78 is 3.53. The lowest BCUT2D eigenvalue weighted by Crippen LogP contribution is -2.14. The zero-order valence-electron chi connectivity index (χ0n) is 8.59. The monoisotopic (exact) mass is 297 g/mol. The second-order valence-corrected chi connectivity index (χ2v) is 4.21. The molecule has 0 fully saturated rings. The highest BCUT2D eigenvalue weighted by Crippen LogP contribution is 2.16. The van der Waals surface area contributed by atoms with Crippen molar-refractivity contribution in [2.45, 2.75) is 6.54 Å². The van der Waals surface area contributed by atoms with Gasteiger partial charge in [-0.05, 0) is 15.9 Å². The Hall–Kier alpha value is -1.67. The van der Waals surface area contributed by atoms with Crippen molar-refractivity contribution >= 4 is 32.9 Å². The van der Waals surface area contributed by atoms with Gasteiger partial charge in [-0.2, -0.15) is 4.98 Å². The molecule has 8 heteroatoms. The summed E-state index contributed by atoms with van der Waals surface area (Å²) in [5, 5.41) is 8.98. The summed E-state index contributed by atoms with van der Waals surface area (Å²) in [6, 6.07) is 0. The largest absolute Gasteiger partial charge is 0.395 e. The summed E-state index contributed by atoms with van der Waals surface area (Å²) in [7, 11) is 0. The van der Waals surface area contributed by atoms with Crippen LogP contribution in [0.25, 0.3) is 16.9 Å². The van der Waals surface area contributed by atoms with Crippen LogP contribution in [0.3, 0.4) is 0 Å². The molecule has 88 valence electrons. The molecule has 0 aliphatic heterocycles. The number of halogens is 1. The highest BCUT2D eigenvalue weighted by molar-refractivity contribution is 9.10. The maximum atomic E-state index is 12.1. The van der Waals surface area contributed by atoms with Gasteiger partial charge in [0.1, 0.15) is 0 Å². The van der Waals surface area contributed by atoms with Crippen molar-refractivity contribution in [1.29, 1.82) is 0 Å². The Bertz CT molecular complexity index is 756. The van der Waals surface area contributed by atoms with E-state index in [4.69, 9.17) is 5.11 Å². The Morgan fingerprint density at radius 3 is 3.06 bits per heavy atom. The standard InChI is InChI=1S/C9H8BrN5O2/c10-8-12-5-6(14(8)3-4-16)13-9-11-1-2-15(9)7(5)17/h1-2,16H,3-4H2,(H,11,13). The van der Waals surface area contributed by atoms with Gasteiger partial charge in [-0.1, -0.05) is 0 Å². The van der Waals surface area contributed by atoms with Gasteiger partial charge in [-0.3, -0.25) is 9.20 Å². The maximum absolute atomic E-state index is 12.1. The number of aromatic nitrogens is 5. The summed E-state index contributed by atoms with van der Waals surface area (Å²) in [4.78, 5) is 23.4. The van der Waals surface area contributed by atoms with Crippen molar-refractivity contribution in [3.63, 3.8) is 0 Å². The minimum atomic E-state index is -0.233. The van der Waals surface area contributed by atoms with Gasteiger partial charge >= 0.3 is 0 Å². The Kier molecular flexibility index (Phi) is 2.26. The van der Waals surface area contributed by atoms with E-state index in [0.717, 1.165) is 0 Å². The summed E-state index contributed by atoms with van der Waals surface area (Å²) in [6.07, 6.45) is 3.23. The molecule has 3 aromatic rings. The minimum Gasteiger partial charge on any atom is -0.395 e. The Labute approximate surface area is 103 Å². The number of H-pyrrole nitrogens is 1. The van der Waals surface area contributed by atoms with Crippen LogP contribution in [0, 0.1) is 0 Å². The number of aliphatic hydroxyl groups is 1. The van der Waals surface area contributed by atoms with Gasteiger partial charge in [-0.25, -0.2) is 4.98 Å². The minimum absolute atomic E-state index is 0.0458. The molecule has 17 heavy (non-hydrogen) atoms. The van der Waals surface area contributed by atoms with Gasteiger partial charge in [0.25, 0.3) is 5.56 Å². The molecule has 0 unspecified atom stereocenters. The number of nitrogens with one attached hydrogen (secondary N) is 1. The fraction of sp³-hybridized carbons (Fsp3) is 0.222. The second-order valence-electron chi connectivity index (χ2n) is 3.50. The predicted octanol–water partition coefficient (Wildman–Crippen LogP) is 0.127. The smallest absolute Gasteiger partial charge is 0.287 e. The number of aliphatic hydroxyl groups excluding tert-OH is 1.